The van der Waals surface area contributed by atoms with Crippen LogP contribution < -0.4 is 4.74 Å². The Labute approximate surface area is 326 Å². The normalized spacial score (nSPS) is 20.9. The zero-order valence-corrected chi connectivity index (χ0v) is 31.6. The molecule has 0 bridgehead atoms. The van der Waals surface area contributed by atoms with Crippen LogP contribution in [0.3, 0.4) is 0 Å². The van der Waals surface area contributed by atoms with Gasteiger partial charge in [0.1, 0.15) is 24.1 Å². The van der Waals surface area contributed by atoms with E-state index < -0.39 is 30.4 Å². The second kappa shape index (κ2) is 18.6. The molecule has 0 spiro atoms. The highest BCUT2D eigenvalue weighted by molar-refractivity contribution is 5.37. The Bertz CT molecular complexity index is 2100. The van der Waals surface area contributed by atoms with E-state index in [9.17, 15) is 9.50 Å². The highest BCUT2D eigenvalue weighted by Gasteiger charge is 2.59. The van der Waals surface area contributed by atoms with Crippen molar-refractivity contribution in [3.63, 3.8) is 0 Å². The van der Waals surface area contributed by atoms with Gasteiger partial charge in [-0.1, -0.05) is 133 Å². The number of aliphatic hydroxyl groups is 1. The molecule has 0 radical (unpaired) electrons. The summed E-state index contributed by atoms with van der Waals surface area (Å²) in [6.45, 7) is 4.39. The van der Waals surface area contributed by atoms with Gasteiger partial charge >= 0.3 is 5.97 Å². The summed E-state index contributed by atoms with van der Waals surface area (Å²) in [6.07, 6.45) is -3.63. The standard InChI is InChI=1S/C46H47FN2O7/c1-32-23-24-38(26-40(32)47)25-39-33(2)48-49-45(39)56-46(50)44(54-30-37-21-13-6-14-22-37)43(53-29-36-19-11-5-12-20-36)42(52-28-35-17-9-4-10-18-35)41(55-46)31-51-27-34-15-7-3-8-16-34/h3-24,26,41-44,50H,25,27-31H2,1-2H3,(H,48,49)/t41-,42-,43+,44-,46+/m1/s1. The highest BCUT2D eigenvalue weighted by Crippen LogP contribution is 2.38. The SMILES string of the molecule is Cc1ccc(Cc2c(O[C@@]3(O)O[C@H](COCc4ccccc4)[C@@H](OCc4ccccc4)[C@H](OCc4ccccc4)[C@H]3OCc3ccccc3)n[nH]c2C)cc1F. The minimum Gasteiger partial charge on any atom is -0.417 e. The van der Waals surface area contributed by atoms with Gasteiger partial charge in [-0.15, -0.1) is 5.10 Å². The average Bonchev–Trinajstić information content (AvgIpc) is 3.56. The molecule has 1 saturated heterocycles. The van der Waals surface area contributed by atoms with Crippen molar-refractivity contribution in [1.82, 2.24) is 10.2 Å². The Kier molecular flexibility index (Phi) is 13.0. The molecule has 1 aliphatic rings. The summed E-state index contributed by atoms with van der Waals surface area (Å²) >= 11 is 0. The van der Waals surface area contributed by atoms with Crippen LogP contribution in [0.4, 0.5) is 4.39 Å². The minimum absolute atomic E-state index is 0.0196. The zero-order chi connectivity index (χ0) is 38.7. The van der Waals surface area contributed by atoms with Crippen molar-refractivity contribution in [3.05, 3.63) is 190 Å². The lowest BCUT2D eigenvalue weighted by atomic mass is 9.96. The van der Waals surface area contributed by atoms with Crippen LogP contribution in [0.5, 0.6) is 5.88 Å². The topological polar surface area (TPSA) is 104 Å². The number of hydrogen-bond donors (Lipinski definition) is 2. The second-order valence-corrected chi connectivity index (χ2v) is 14.0. The van der Waals surface area contributed by atoms with E-state index in [2.05, 4.69) is 10.2 Å². The number of halogens is 1. The smallest absolute Gasteiger partial charge is 0.356 e. The molecule has 0 aliphatic carbocycles. The number of ether oxygens (including phenoxy) is 6. The molecule has 5 atom stereocenters. The molecule has 7 rings (SSSR count). The van der Waals surface area contributed by atoms with E-state index in [4.69, 9.17) is 28.4 Å². The van der Waals surface area contributed by atoms with E-state index in [-0.39, 0.29) is 44.5 Å². The zero-order valence-electron chi connectivity index (χ0n) is 31.6. The number of aromatic amines is 1. The summed E-state index contributed by atoms with van der Waals surface area (Å²) in [6, 6.07) is 44.1. The van der Waals surface area contributed by atoms with Crippen LogP contribution in [0.1, 0.15) is 44.6 Å². The molecule has 56 heavy (non-hydrogen) atoms. The van der Waals surface area contributed by atoms with Crippen molar-refractivity contribution in [3.8, 4) is 5.88 Å². The maximum Gasteiger partial charge on any atom is 0.356 e. The number of benzene rings is 5. The van der Waals surface area contributed by atoms with Crippen molar-refractivity contribution in [2.75, 3.05) is 6.61 Å². The van der Waals surface area contributed by atoms with Crippen molar-refractivity contribution in [1.29, 1.82) is 0 Å². The van der Waals surface area contributed by atoms with E-state index >= 15 is 0 Å². The first-order valence-corrected chi connectivity index (χ1v) is 18.8. The third-order valence-corrected chi connectivity index (χ3v) is 9.80. The largest absolute Gasteiger partial charge is 0.417 e. The number of aryl methyl sites for hydroxylation is 2. The van der Waals surface area contributed by atoms with Gasteiger partial charge in [-0.05, 0) is 53.3 Å². The predicted octanol–water partition coefficient (Wildman–Crippen LogP) is 8.15. The average molecular weight is 759 g/mol. The molecule has 10 heteroatoms. The first kappa shape index (κ1) is 39.1. The summed E-state index contributed by atoms with van der Waals surface area (Å²) in [4.78, 5) is 0. The van der Waals surface area contributed by atoms with Crippen molar-refractivity contribution in [2.24, 2.45) is 0 Å². The minimum atomic E-state index is -2.46. The molecule has 5 aromatic carbocycles. The molecule has 0 unspecified atom stereocenters. The van der Waals surface area contributed by atoms with E-state index in [1.165, 1.54) is 6.07 Å². The van der Waals surface area contributed by atoms with E-state index in [0.29, 0.717) is 29.0 Å². The quantitative estimate of drug-likeness (QED) is 0.0899. The maximum absolute atomic E-state index is 14.6. The van der Waals surface area contributed by atoms with Gasteiger partial charge in [0, 0.05) is 17.7 Å². The molecule has 2 heterocycles. The number of aromatic nitrogens is 2. The van der Waals surface area contributed by atoms with E-state index in [0.717, 1.165) is 22.3 Å². The van der Waals surface area contributed by atoms with Crippen LogP contribution in [0.2, 0.25) is 0 Å². The molecule has 6 aromatic rings. The first-order valence-electron chi connectivity index (χ1n) is 18.8. The Morgan fingerprint density at radius 3 is 1.73 bits per heavy atom. The van der Waals surface area contributed by atoms with Crippen LogP contribution >= 0.6 is 0 Å². The van der Waals surface area contributed by atoms with Gasteiger partial charge in [0.15, 0.2) is 6.10 Å². The molecule has 1 aliphatic heterocycles. The van der Waals surface area contributed by atoms with Gasteiger partial charge in [-0.3, -0.25) is 5.10 Å². The van der Waals surface area contributed by atoms with Gasteiger partial charge in [0.2, 0.25) is 5.88 Å². The summed E-state index contributed by atoms with van der Waals surface area (Å²) in [5, 5.41) is 20.2. The van der Waals surface area contributed by atoms with Crippen molar-refractivity contribution in [2.45, 2.75) is 77.1 Å². The molecular weight excluding hydrogens is 712 g/mol. The molecule has 9 nitrogen and oxygen atoms in total. The van der Waals surface area contributed by atoms with Crippen LogP contribution in [0.15, 0.2) is 140 Å². The predicted molar refractivity (Wildman–Crippen MR) is 209 cm³/mol. The molecular formula is C46H47FN2O7. The molecule has 2 N–H and O–H groups in total. The molecule has 1 aromatic heterocycles. The van der Waals surface area contributed by atoms with E-state index in [1.54, 1.807) is 13.0 Å². The summed E-state index contributed by atoms with van der Waals surface area (Å²) in [5.41, 5.74) is 6.26. The lowest BCUT2D eigenvalue weighted by Crippen LogP contribution is -2.69. The summed E-state index contributed by atoms with van der Waals surface area (Å²) in [5.74, 6) is -2.69. The molecule has 1 fully saturated rings. The first-order chi connectivity index (χ1) is 27.3. The molecule has 0 saturated carbocycles. The number of nitrogens with zero attached hydrogens (tertiary/aromatic N) is 1. The van der Waals surface area contributed by atoms with Crippen LogP contribution in [-0.4, -0.2) is 52.3 Å². The van der Waals surface area contributed by atoms with Crippen LogP contribution in [0.25, 0.3) is 0 Å². The van der Waals surface area contributed by atoms with E-state index in [1.807, 2.05) is 134 Å². The third kappa shape index (κ3) is 9.96. The van der Waals surface area contributed by atoms with Gasteiger partial charge in [-0.25, -0.2) is 4.39 Å². The van der Waals surface area contributed by atoms with Crippen LogP contribution in [0, 0.1) is 19.7 Å². The summed E-state index contributed by atoms with van der Waals surface area (Å²) in [7, 11) is 0. The number of hydrogen-bond acceptors (Lipinski definition) is 8. The van der Waals surface area contributed by atoms with Gasteiger partial charge in [-0.2, -0.15) is 0 Å². The lowest BCUT2D eigenvalue weighted by Gasteiger charge is -2.49. The monoisotopic (exact) mass is 758 g/mol. The number of rotatable bonds is 17. The number of H-pyrrole nitrogens is 1. The fourth-order valence-electron chi connectivity index (χ4n) is 6.71. The van der Waals surface area contributed by atoms with Crippen LogP contribution in [-0.2, 0) is 56.5 Å². The Morgan fingerprint density at radius 1 is 0.661 bits per heavy atom. The highest BCUT2D eigenvalue weighted by atomic mass is 19.1. The fraction of sp³-hybridized carbons (Fsp3) is 0.283. The van der Waals surface area contributed by atoms with Crippen molar-refractivity contribution >= 4 is 0 Å². The van der Waals surface area contributed by atoms with Gasteiger partial charge in [0.25, 0.3) is 0 Å². The third-order valence-electron chi connectivity index (χ3n) is 9.80. The molecule has 0 amide bonds. The second-order valence-electron chi connectivity index (χ2n) is 14.0. The fourth-order valence-corrected chi connectivity index (χ4v) is 6.71. The lowest BCUT2D eigenvalue weighted by molar-refractivity contribution is -0.436. The van der Waals surface area contributed by atoms with Gasteiger partial charge in [0.05, 0.1) is 33.0 Å². The Morgan fingerprint density at radius 2 is 1.18 bits per heavy atom. The number of nitrogens with one attached hydrogen (secondary N) is 1. The maximum atomic E-state index is 14.6. The Hall–Kier alpha value is -5.20. The van der Waals surface area contributed by atoms with Gasteiger partial charge < -0.3 is 33.5 Å². The van der Waals surface area contributed by atoms with Crippen molar-refractivity contribution < 1.29 is 37.9 Å². The summed E-state index contributed by atoms with van der Waals surface area (Å²) < 4.78 is 54.1. The Balaban J connectivity index is 1.26. The molecule has 290 valence electrons.